The van der Waals surface area contributed by atoms with E-state index in [2.05, 4.69) is 22.2 Å². The van der Waals surface area contributed by atoms with Crippen LogP contribution in [0.1, 0.15) is 31.5 Å². The lowest BCUT2D eigenvalue weighted by Gasteiger charge is -2.34. The van der Waals surface area contributed by atoms with Crippen LogP contribution in [0.3, 0.4) is 0 Å². The lowest BCUT2D eigenvalue weighted by molar-refractivity contribution is -0.142. The van der Waals surface area contributed by atoms with Gasteiger partial charge in [-0.25, -0.2) is 4.98 Å². The van der Waals surface area contributed by atoms with Crippen LogP contribution in [0.4, 0.5) is 0 Å². The minimum atomic E-state index is -0.188. The molecule has 28 heavy (non-hydrogen) atoms. The molecule has 3 heterocycles. The Balaban J connectivity index is 1.58. The predicted molar refractivity (Wildman–Crippen MR) is 108 cm³/mol. The molecule has 0 radical (unpaired) electrons. The minimum absolute atomic E-state index is 0.0677. The van der Waals surface area contributed by atoms with Gasteiger partial charge in [0.05, 0.1) is 6.54 Å². The van der Waals surface area contributed by atoms with E-state index in [1.54, 1.807) is 11.1 Å². The van der Waals surface area contributed by atoms with E-state index in [-0.39, 0.29) is 23.8 Å². The molecule has 1 aromatic heterocycles. The zero-order valence-corrected chi connectivity index (χ0v) is 17.4. The number of piperazine rings is 1. The molecule has 2 atom stereocenters. The van der Waals surface area contributed by atoms with Gasteiger partial charge in [-0.2, -0.15) is 0 Å². The molecule has 0 aliphatic carbocycles. The summed E-state index contributed by atoms with van der Waals surface area (Å²) < 4.78 is 2.00. The van der Waals surface area contributed by atoms with Crippen LogP contribution in [0, 0.1) is 5.92 Å². The SMILES string of the molecule is CN1CCN(C(=O)[C@@H]2CCC[C@@H](NCc3nccn3C)CN(C)C(=O)C2)CC1. The van der Waals surface area contributed by atoms with Gasteiger partial charge in [0.2, 0.25) is 11.8 Å². The van der Waals surface area contributed by atoms with Crippen molar-refractivity contribution in [3.63, 3.8) is 0 Å². The van der Waals surface area contributed by atoms with E-state index in [1.807, 2.05) is 29.8 Å². The molecule has 2 amide bonds. The summed E-state index contributed by atoms with van der Waals surface area (Å²) in [4.78, 5) is 36.0. The van der Waals surface area contributed by atoms with Gasteiger partial charge in [-0.05, 0) is 19.9 Å². The third-order valence-corrected chi connectivity index (χ3v) is 6.08. The number of aromatic nitrogens is 2. The van der Waals surface area contributed by atoms with E-state index in [1.165, 1.54) is 0 Å². The number of aryl methyl sites for hydroxylation is 1. The molecular formula is C20H34N6O2. The number of rotatable bonds is 4. The Morgan fingerprint density at radius 1 is 1.18 bits per heavy atom. The molecule has 2 fully saturated rings. The highest BCUT2D eigenvalue weighted by Crippen LogP contribution is 2.21. The number of hydrogen-bond donors (Lipinski definition) is 1. The third-order valence-electron chi connectivity index (χ3n) is 6.08. The Kier molecular flexibility index (Phi) is 7.07. The van der Waals surface area contributed by atoms with E-state index in [9.17, 15) is 9.59 Å². The third kappa shape index (κ3) is 5.32. The number of hydrogen-bond acceptors (Lipinski definition) is 5. The van der Waals surface area contributed by atoms with Crippen molar-refractivity contribution in [3.05, 3.63) is 18.2 Å². The summed E-state index contributed by atoms with van der Waals surface area (Å²) in [6.45, 7) is 4.70. The number of carbonyl (C=O) groups excluding carboxylic acids is 2. The molecule has 0 bridgehead atoms. The number of likely N-dealkylation sites (N-methyl/N-ethyl adjacent to an activating group) is 2. The number of nitrogens with one attached hydrogen (secondary N) is 1. The second kappa shape index (κ2) is 9.52. The second-order valence-electron chi connectivity index (χ2n) is 8.27. The van der Waals surface area contributed by atoms with Crippen molar-refractivity contribution in [2.24, 2.45) is 13.0 Å². The first kappa shape index (κ1) is 20.8. The van der Waals surface area contributed by atoms with Crippen LogP contribution in [0.15, 0.2) is 12.4 Å². The monoisotopic (exact) mass is 390 g/mol. The molecule has 1 N–H and O–H groups in total. The van der Waals surface area contributed by atoms with Crippen LogP contribution in [0.25, 0.3) is 0 Å². The van der Waals surface area contributed by atoms with Crippen molar-refractivity contribution in [2.75, 3.05) is 46.8 Å². The van der Waals surface area contributed by atoms with Gasteiger partial charge in [0, 0.05) is 77.6 Å². The van der Waals surface area contributed by atoms with Crippen molar-refractivity contribution in [1.82, 2.24) is 29.6 Å². The fourth-order valence-corrected chi connectivity index (χ4v) is 4.07. The molecule has 3 rings (SSSR count). The Morgan fingerprint density at radius 3 is 2.61 bits per heavy atom. The fraction of sp³-hybridized carbons (Fsp3) is 0.750. The van der Waals surface area contributed by atoms with Crippen molar-refractivity contribution < 1.29 is 9.59 Å². The number of carbonyl (C=O) groups is 2. The molecule has 2 aliphatic rings. The molecule has 8 heteroatoms. The normalized spacial score (nSPS) is 25.3. The summed E-state index contributed by atoms with van der Waals surface area (Å²) >= 11 is 0. The first-order chi connectivity index (χ1) is 13.4. The molecule has 0 unspecified atom stereocenters. The number of amides is 2. The smallest absolute Gasteiger partial charge is 0.226 e. The molecule has 0 aromatic carbocycles. The van der Waals surface area contributed by atoms with Crippen LogP contribution < -0.4 is 5.32 Å². The molecule has 2 aliphatic heterocycles. The van der Waals surface area contributed by atoms with Crippen LogP contribution in [0.5, 0.6) is 0 Å². The Hall–Kier alpha value is -1.93. The molecular weight excluding hydrogens is 356 g/mol. The highest BCUT2D eigenvalue weighted by atomic mass is 16.2. The fourth-order valence-electron chi connectivity index (χ4n) is 4.07. The zero-order valence-electron chi connectivity index (χ0n) is 17.4. The Morgan fingerprint density at radius 2 is 1.93 bits per heavy atom. The molecule has 1 aromatic rings. The van der Waals surface area contributed by atoms with E-state index in [4.69, 9.17) is 0 Å². The zero-order chi connectivity index (χ0) is 20.1. The lowest BCUT2D eigenvalue weighted by Crippen LogP contribution is -2.49. The van der Waals surface area contributed by atoms with Gasteiger partial charge >= 0.3 is 0 Å². The largest absolute Gasteiger partial charge is 0.344 e. The van der Waals surface area contributed by atoms with Gasteiger partial charge in [-0.15, -0.1) is 0 Å². The molecule has 0 saturated carbocycles. The molecule has 2 saturated heterocycles. The number of imidazole rings is 1. The summed E-state index contributed by atoms with van der Waals surface area (Å²) in [6.07, 6.45) is 6.74. The average Bonchev–Trinajstić information content (AvgIpc) is 3.11. The minimum Gasteiger partial charge on any atom is -0.344 e. The van der Waals surface area contributed by atoms with E-state index >= 15 is 0 Å². The highest BCUT2D eigenvalue weighted by molar-refractivity contribution is 5.86. The summed E-state index contributed by atoms with van der Waals surface area (Å²) in [5.41, 5.74) is 0. The topological polar surface area (TPSA) is 73.7 Å². The van der Waals surface area contributed by atoms with Gasteiger partial charge in [0.25, 0.3) is 0 Å². The van der Waals surface area contributed by atoms with Gasteiger partial charge in [0.1, 0.15) is 5.82 Å². The van der Waals surface area contributed by atoms with Gasteiger partial charge in [-0.1, -0.05) is 6.42 Å². The molecule has 0 spiro atoms. The van der Waals surface area contributed by atoms with E-state index in [0.29, 0.717) is 19.5 Å². The quantitative estimate of drug-likeness (QED) is 0.801. The first-order valence-corrected chi connectivity index (χ1v) is 10.3. The lowest BCUT2D eigenvalue weighted by atomic mass is 9.95. The van der Waals surface area contributed by atoms with Gasteiger partial charge < -0.3 is 24.6 Å². The molecule has 156 valence electrons. The van der Waals surface area contributed by atoms with Crippen molar-refractivity contribution in [1.29, 1.82) is 0 Å². The van der Waals surface area contributed by atoms with Crippen molar-refractivity contribution >= 4 is 11.8 Å². The van der Waals surface area contributed by atoms with Crippen LogP contribution in [-0.2, 0) is 23.2 Å². The van der Waals surface area contributed by atoms with E-state index in [0.717, 1.165) is 51.3 Å². The van der Waals surface area contributed by atoms with Gasteiger partial charge in [-0.3, -0.25) is 9.59 Å². The second-order valence-corrected chi connectivity index (χ2v) is 8.27. The molecule has 8 nitrogen and oxygen atoms in total. The summed E-state index contributed by atoms with van der Waals surface area (Å²) in [7, 11) is 5.91. The van der Waals surface area contributed by atoms with Crippen LogP contribution in [-0.4, -0.2) is 88.9 Å². The van der Waals surface area contributed by atoms with Crippen molar-refractivity contribution in [3.8, 4) is 0 Å². The maximum absolute atomic E-state index is 13.0. The first-order valence-electron chi connectivity index (χ1n) is 10.3. The number of nitrogens with zero attached hydrogens (tertiary/aromatic N) is 5. The Bertz CT molecular complexity index is 667. The average molecular weight is 391 g/mol. The van der Waals surface area contributed by atoms with Crippen LogP contribution >= 0.6 is 0 Å². The van der Waals surface area contributed by atoms with Crippen molar-refractivity contribution in [2.45, 2.75) is 38.3 Å². The predicted octanol–water partition coefficient (Wildman–Crippen LogP) is 0.301. The Labute approximate surface area is 167 Å². The summed E-state index contributed by atoms with van der Waals surface area (Å²) in [5, 5.41) is 3.55. The summed E-state index contributed by atoms with van der Waals surface area (Å²) in [6, 6.07) is 0.211. The maximum atomic E-state index is 13.0. The summed E-state index contributed by atoms with van der Waals surface area (Å²) in [5.74, 6) is 1.02. The van der Waals surface area contributed by atoms with Crippen LogP contribution in [0.2, 0.25) is 0 Å². The maximum Gasteiger partial charge on any atom is 0.226 e. The van der Waals surface area contributed by atoms with Gasteiger partial charge in [0.15, 0.2) is 0 Å². The standard InChI is InChI=1S/C20H34N6O2/c1-23-9-11-26(12-10-23)20(28)16-5-4-6-17(15-25(3)19(27)13-16)22-14-18-21-7-8-24(18)2/h7-8,16-17,22H,4-6,9-15H2,1-3H3/t16-,17-/m1/s1. The highest BCUT2D eigenvalue weighted by Gasteiger charge is 2.31. The van der Waals surface area contributed by atoms with E-state index < -0.39 is 0 Å².